The van der Waals surface area contributed by atoms with Crippen molar-refractivity contribution in [1.29, 1.82) is 0 Å². The number of furan rings is 1. The van der Waals surface area contributed by atoms with Crippen molar-refractivity contribution in [2.45, 2.75) is 13.1 Å². The Hall–Kier alpha value is -3.39. The molecule has 0 fully saturated rings. The maximum absolute atomic E-state index is 12.0. The molecule has 1 N–H and O–H groups in total. The second-order valence-corrected chi connectivity index (χ2v) is 6.10. The summed E-state index contributed by atoms with van der Waals surface area (Å²) in [4.78, 5) is 33.9. The lowest BCUT2D eigenvalue weighted by Gasteiger charge is -2.06. The molecule has 0 spiro atoms. The third-order valence-corrected chi connectivity index (χ3v) is 3.99. The molecular weight excluding hydrogens is 374 g/mol. The van der Waals surface area contributed by atoms with Crippen LogP contribution in [0.1, 0.15) is 5.76 Å². The summed E-state index contributed by atoms with van der Waals surface area (Å²) >= 11 is 5.85. The Bertz CT molecular complexity index is 1040. The van der Waals surface area contributed by atoms with Crippen molar-refractivity contribution in [2.24, 2.45) is 0 Å². The second kappa shape index (κ2) is 7.88. The second-order valence-electron chi connectivity index (χ2n) is 5.66. The standard InChI is InChI=1S/C18H14ClN3O5/c19-13-3-1-12(2-4-13)16-7-6-15(27-16)9-20-17(23)11-21-10-14(22(25)26)5-8-18(21)24/h1-8,10H,9,11H2,(H,20,23). The van der Waals surface area contributed by atoms with E-state index in [0.29, 0.717) is 16.5 Å². The lowest BCUT2D eigenvalue weighted by atomic mass is 10.2. The molecule has 0 aliphatic carbocycles. The lowest BCUT2D eigenvalue weighted by Crippen LogP contribution is -2.31. The first kappa shape index (κ1) is 18.4. The number of amides is 1. The van der Waals surface area contributed by atoms with Crippen LogP contribution in [0.3, 0.4) is 0 Å². The molecule has 2 heterocycles. The van der Waals surface area contributed by atoms with Crippen LogP contribution in [-0.4, -0.2) is 15.4 Å². The molecule has 3 aromatic rings. The zero-order valence-corrected chi connectivity index (χ0v) is 14.7. The highest BCUT2D eigenvalue weighted by Crippen LogP contribution is 2.23. The van der Waals surface area contributed by atoms with Crippen molar-refractivity contribution < 1.29 is 14.1 Å². The molecule has 0 bridgehead atoms. The predicted octanol–water partition coefficient (Wildman–Crippen LogP) is 2.99. The number of rotatable bonds is 6. The molecule has 0 atom stereocenters. The van der Waals surface area contributed by atoms with Gasteiger partial charge in [-0.3, -0.25) is 24.3 Å². The highest BCUT2D eigenvalue weighted by atomic mass is 35.5. The van der Waals surface area contributed by atoms with Gasteiger partial charge in [0.1, 0.15) is 18.1 Å². The summed E-state index contributed by atoms with van der Waals surface area (Å²) in [5, 5.41) is 14.0. The van der Waals surface area contributed by atoms with Gasteiger partial charge < -0.3 is 9.73 Å². The minimum Gasteiger partial charge on any atom is -0.459 e. The Morgan fingerprint density at radius 2 is 1.89 bits per heavy atom. The van der Waals surface area contributed by atoms with Crippen molar-refractivity contribution in [2.75, 3.05) is 0 Å². The molecule has 138 valence electrons. The average molecular weight is 388 g/mol. The molecule has 0 aliphatic rings. The van der Waals surface area contributed by atoms with E-state index in [1.54, 1.807) is 24.3 Å². The fraction of sp³-hybridized carbons (Fsp3) is 0.111. The smallest absolute Gasteiger partial charge is 0.285 e. The predicted molar refractivity (Wildman–Crippen MR) is 98.4 cm³/mol. The number of nitrogens with zero attached hydrogens (tertiary/aromatic N) is 2. The summed E-state index contributed by atoms with van der Waals surface area (Å²) in [7, 11) is 0. The molecule has 27 heavy (non-hydrogen) atoms. The molecule has 9 heteroatoms. The van der Waals surface area contributed by atoms with Gasteiger partial charge in [0.25, 0.3) is 11.2 Å². The van der Waals surface area contributed by atoms with E-state index in [9.17, 15) is 19.7 Å². The van der Waals surface area contributed by atoms with Crippen LogP contribution in [0.4, 0.5) is 5.69 Å². The van der Waals surface area contributed by atoms with E-state index < -0.39 is 16.4 Å². The van der Waals surface area contributed by atoms with Crippen molar-refractivity contribution in [3.63, 3.8) is 0 Å². The number of nitrogens with one attached hydrogen (secondary N) is 1. The van der Waals surface area contributed by atoms with Crippen molar-refractivity contribution in [3.8, 4) is 11.3 Å². The van der Waals surface area contributed by atoms with Crippen LogP contribution in [0.25, 0.3) is 11.3 Å². The number of nitro groups is 1. The highest BCUT2D eigenvalue weighted by Gasteiger charge is 2.11. The summed E-state index contributed by atoms with van der Waals surface area (Å²) in [6.07, 6.45) is 1.04. The molecule has 1 amide bonds. The number of aromatic nitrogens is 1. The van der Waals surface area contributed by atoms with E-state index in [4.69, 9.17) is 16.0 Å². The molecule has 0 saturated heterocycles. The summed E-state index contributed by atoms with van der Waals surface area (Å²) < 4.78 is 6.65. The molecule has 1 aromatic carbocycles. The third-order valence-electron chi connectivity index (χ3n) is 3.74. The Balaban J connectivity index is 1.62. The van der Waals surface area contributed by atoms with Gasteiger partial charge in [0.15, 0.2) is 0 Å². The van der Waals surface area contributed by atoms with Gasteiger partial charge in [0.05, 0.1) is 17.7 Å². The number of halogens is 1. The molecule has 0 saturated carbocycles. The van der Waals surface area contributed by atoms with Crippen molar-refractivity contribution >= 4 is 23.2 Å². The number of benzene rings is 1. The highest BCUT2D eigenvalue weighted by molar-refractivity contribution is 6.30. The number of pyridine rings is 1. The zero-order valence-electron chi connectivity index (χ0n) is 13.9. The van der Waals surface area contributed by atoms with E-state index in [1.165, 1.54) is 0 Å². The molecule has 8 nitrogen and oxygen atoms in total. The van der Waals surface area contributed by atoms with Gasteiger partial charge in [-0.25, -0.2) is 0 Å². The maximum atomic E-state index is 12.0. The van der Waals surface area contributed by atoms with Crippen molar-refractivity contribution in [3.05, 3.63) is 86.0 Å². The normalized spacial score (nSPS) is 10.6. The molecular formula is C18H14ClN3O5. The van der Waals surface area contributed by atoms with E-state index in [1.807, 2.05) is 12.1 Å². The van der Waals surface area contributed by atoms with Gasteiger partial charge in [-0.15, -0.1) is 0 Å². The summed E-state index contributed by atoms with van der Waals surface area (Å²) in [5.41, 5.74) is 0.0833. The topological polar surface area (TPSA) is 107 Å². The Labute approximate surface area is 158 Å². The van der Waals surface area contributed by atoms with E-state index in [-0.39, 0.29) is 18.8 Å². The Morgan fingerprint density at radius 1 is 1.15 bits per heavy atom. The fourth-order valence-electron chi connectivity index (χ4n) is 2.39. The van der Waals surface area contributed by atoms with Crippen molar-refractivity contribution in [1.82, 2.24) is 9.88 Å². The van der Waals surface area contributed by atoms with Crippen LogP contribution in [0.2, 0.25) is 5.02 Å². The number of carbonyl (C=O) groups is 1. The largest absolute Gasteiger partial charge is 0.459 e. The van der Waals surface area contributed by atoms with Gasteiger partial charge in [-0.05, 0) is 36.4 Å². The van der Waals surface area contributed by atoms with E-state index in [2.05, 4.69) is 5.32 Å². The molecule has 0 radical (unpaired) electrons. The quantitative estimate of drug-likeness (QED) is 0.516. The first-order chi connectivity index (χ1) is 12.9. The van der Waals surface area contributed by atoms with Crippen LogP contribution in [0.5, 0.6) is 0 Å². The molecule has 3 rings (SSSR count). The lowest BCUT2D eigenvalue weighted by molar-refractivity contribution is -0.385. The average Bonchev–Trinajstić information content (AvgIpc) is 3.11. The fourth-order valence-corrected chi connectivity index (χ4v) is 2.51. The third kappa shape index (κ3) is 4.62. The van der Waals surface area contributed by atoms with Gasteiger partial charge in [0, 0.05) is 22.7 Å². The number of hydrogen-bond donors (Lipinski definition) is 1. The number of carbonyl (C=O) groups excluding carboxylic acids is 1. The number of hydrogen-bond acceptors (Lipinski definition) is 5. The summed E-state index contributed by atoms with van der Waals surface area (Å²) in [6, 6.07) is 12.8. The van der Waals surface area contributed by atoms with Crippen LogP contribution < -0.4 is 10.9 Å². The maximum Gasteiger partial charge on any atom is 0.285 e. The van der Waals surface area contributed by atoms with Crippen LogP contribution >= 0.6 is 11.6 Å². The first-order valence-corrected chi connectivity index (χ1v) is 8.26. The zero-order chi connectivity index (χ0) is 19.4. The SMILES string of the molecule is O=C(Cn1cc([N+](=O)[O-])ccc1=O)NCc1ccc(-c2ccc(Cl)cc2)o1. The molecule has 0 aliphatic heterocycles. The van der Waals surface area contributed by atoms with Crippen LogP contribution in [0.15, 0.2) is 63.9 Å². The van der Waals surface area contributed by atoms with Gasteiger partial charge in [0.2, 0.25) is 5.91 Å². The van der Waals surface area contributed by atoms with Gasteiger partial charge >= 0.3 is 0 Å². The van der Waals surface area contributed by atoms with E-state index in [0.717, 1.165) is 28.5 Å². The van der Waals surface area contributed by atoms with Crippen LogP contribution in [-0.2, 0) is 17.9 Å². The summed E-state index contributed by atoms with van der Waals surface area (Å²) in [6.45, 7) is -0.207. The summed E-state index contributed by atoms with van der Waals surface area (Å²) in [5.74, 6) is 0.688. The Morgan fingerprint density at radius 3 is 2.59 bits per heavy atom. The molecule has 0 unspecified atom stereocenters. The van der Waals surface area contributed by atoms with Gasteiger partial charge in [-0.1, -0.05) is 11.6 Å². The van der Waals surface area contributed by atoms with Crippen LogP contribution in [0, 0.1) is 10.1 Å². The Kier molecular flexibility index (Phi) is 5.37. The monoisotopic (exact) mass is 387 g/mol. The van der Waals surface area contributed by atoms with Gasteiger partial charge in [-0.2, -0.15) is 0 Å². The minimum absolute atomic E-state index is 0.121. The molecule has 2 aromatic heterocycles. The first-order valence-electron chi connectivity index (χ1n) is 7.88. The minimum atomic E-state index is -0.630. The van der Waals surface area contributed by atoms with E-state index >= 15 is 0 Å².